The highest BCUT2D eigenvalue weighted by Crippen LogP contribution is 2.22. The van der Waals surface area contributed by atoms with Crippen LogP contribution in [0.15, 0.2) is 46.9 Å². The molecule has 2 rings (SSSR count). The molecule has 0 saturated heterocycles. The van der Waals surface area contributed by atoms with E-state index in [-0.39, 0.29) is 10.4 Å². The van der Waals surface area contributed by atoms with Crippen LogP contribution >= 0.6 is 15.9 Å². The normalized spacial score (nSPS) is 10.3. The van der Waals surface area contributed by atoms with Crippen LogP contribution in [0.5, 0.6) is 0 Å². The third kappa shape index (κ3) is 2.99. The van der Waals surface area contributed by atoms with Crippen LogP contribution in [0, 0.1) is 5.82 Å². The number of nitrogens with zero attached hydrogens (tertiary/aromatic N) is 1. The molecule has 0 aliphatic heterocycles. The molecule has 2 aromatic rings. The minimum absolute atomic E-state index is 0.179. The van der Waals surface area contributed by atoms with Crippen LogP contribution in [0.4, 0.5) is 10.1 Å². The van der Waals surface area contributed by atoms with Crippen LogP contribution in [0.3, 0.4) is 0 Å². The van der Waals surface area contributed by atoms with E-state index in [0.29, 0.717) is 17.8 Å². The summed E-state index contributed by atoms with van der Waals surface area (Å²) < 4.78 is 13.6. The fraction of sp³-hybridized carbons (Fsp3) is 0.133. The smallest absolute Gasteiger partial charge is 0.255 e. The highest BCUT2D eigenvalue weighted by atomic mass is 79.9. The van der Waals surface area contributed by atoms with Gasteiger partial charge in [-0.15, -0.1) is 0 Å². The molecular weight excluding hydrogens is 323 g/mol. The van der Waals surface area contributed by atoms with Gasteiger partial charge in [-0.1, -0.05) is 24.3 Å². The maximum absolute atomic E-state index is 13.5. The number of anilines is 1. The fourth-order valence-electron chi connectivity index (χ4n) is 1.88. The van der Waals surface area contributed by atoms with E-state index in [4.69, 9.17) is 5.73 Å². The Morgan fingerprint density at radius 3 is 2.65 bits per heavy atom. The van der Waals surface area contributed by atoms with E-state index in [1.807, 2.05) is 18.2 Å². The predicted molar refractivity (Wildman–Crippen MR) is 80.8 cm³/mol. The molecule has 2 N–H and O–H groups in total. The lowest BCUT2D eigenvalue weighted by molar-refractivity contribution is 0.0784. The number of hydrogen-bond acceptors (Lipinski definition) is 2. The number of rotatable bonds is 3. The molecule has 0 aromatic heterocycles. The second-order valence-corrected chi connectivity index (χ2v) is 5.25. The average molecular weight is 337 g/mol. The van der Waals surface area contributed by atoms with Gasteiger partial charge in [0, 0.05) is 19.3 Å². The number of carbonyl (C=O) groups is 1. The van der Waals surface area contributed by atoms with Gasteiger partial charge in [0.05, 0.1) is 10.0 Å². The largest absolute Gasteiger partial charge is 0.398 e. The molecule has 3 nitrogen and oxygen atoms in total. The van der Waals surface area contributed by atoms with Crippen LogP contribution in [0.1, 0.15) is 15.9 Å². The predicted octanol–water partition coefficient (Wildman–Crippen LogP) is 3.44. The molecule has 0 aliphatic rings. The summed E-state index contributed by atoms with van der Waals surface area (Å²) >= 11 is 3.10. The molecule has 5 heteroatoms. The molecule has 0 radical (unpaired) electrons. The Morgan fingerprint density at radius 1 is 1.25 bits per heavy atom. The number of para-hydroxylation sites is 1. The molecule has 0 unspecified atom stereocenters. The number of nitrogens with two attached hydrogens (primary N) is 1. The number of nitrogen functional groups attached to an aromatic ring is 1. The van der Waals surface area contributed by atoms with Crippen molar-refractivity contribution < 1.29 is 9.18 Å². The summed E-state index contributed by atoms with van der Waals surface area (Å²) in [5.41, 5.74) is 7.64. The van der Waals surface area contributed by atoms with Crippen molar-refractivity contribution in [3.63, 3.8) is 0 Å². The summed E-state index contributed by atoms with van der Waals surface area (Å²) in [6.45, 7) is 0.370. The second-order valence-electron chi connectivity index (χ2n) is 4.46. The molecule has 20 heavy (non-hydrogen) atoms. The van der Waals surface area contributed by atoms with Crippen molar-refractivity contribution in [2.45, 2.75) is 6.54 Å². The van der Waals surface area contributed by atoms with Crippen LogP contribution < -0.4 is 5.73 Å². The minimum Gasteiger partial charge on any atom is -0.398 e. The van der Waals surface area contributed by atoms with Gasteiger partial charge in [0.2, 0.25) is 0 Å². The summed E-state index contributed by atoms with van der Waals surface area (Å²) in [6, 6.07) is 11.7. The summed E-state index contributed by atoms with van der Waals surface area (Å²) in [4.78, 5) is 13.8. The van der Waals surface area contributed by atoms with E-state index in [1.165, 1.54) is 17.0 Å². The molecule has 2 aromatic carbocycles. The van der Waals surface area contributed by atoms with Gasteiger partial charge in [-0.25, -0.2) is 4.39 Å². The van der Waals surface area contributed by atoms with Crippen molar-refractivity contribution in [2.75, 3.05) is 12.8 Å². The van der Waals surface area contributed by atoms with Crippen LogP contribution in [0.2, 0.25) is 0 Å². The molecule has 0 spiro atoms. The van der Waals surface area contributed by atoms with Crippen molar-refractivity contribution >= 4 is 27.5 Å². The van der Waals surface area contributed by atoms with E-state index >= 15 is 0 Å². The second kappa shape index (κ2) is 6.05. The van der Waals surface area contributed by atoms with Gasteiger partial charge < -0.3 is 10.6 Å². The molecule has 0 fully saturated rings. The van der Waals surface area contributed by atoms with Crippen molar-refractivity contribution in [1.82, 2.24) is 4.90 Å². The maximum atomic E-state index is 13.5. The van der Waals surface area contributed by atoms with Gasteiger partial charge >= 0.3 is 0 Å². The number of benzene rings is 2. The van der Waals surface area contributed by atoms with Crippen LogP contribution in [-0.4, -0.2) is 17.9 Å². The van der Waals surface area contributed by atoms with Gasteiger partial charge in [-0.05, 0) is 39.7 Å². The van der Waals surface area contributed by atoms with Crippen molar-refractivity contribution in [3.05, 3.63) is 63.9 Å². The molecule has 0 heterocycles. The van der Waals surface area contributed by atoms with E-state index in [9.17, 15) is 9.18 Å². The zero-order valence-corrected chi connectivity index (χ0v) is 12.5. The van der Waals surface area contributed by atoms with Crippen LogP contribution in [0.25, 0.3) is 0 Å². The standard InChI is InChI=1S/C15H14BrFN2O/c1-19(9-10-5-2-3-8-13(10)18)15(20)11-6-4-7-12(17)14(11)16/h2-8H,9,18H2,1H3. The Balaban J connectivity index is 2.21. The zero-order chi connectivity index (χ0) is 14.7. The SMILES string of the molecule is CN(Cc1ccccc1N)C(=O)c1cccc(F)c1Br. The third-order valence-electron chi connectivity index (χ3n) is 2.99. The average Bonchev–Trinajstić information content (AvgIpc) is 2.43. The highest BCUT2D eigenvalue weighted by Gasteiger charge is 2.17. The summed E-state index contributed by atoms with van der Waals surface area (Å²) in [5.74, 6) is -0.719. The van der Waals surface area contributed by atoms with E-state index in [0.717, 1.165) is 5.56 Å². The topological polar surface area (TPSA) is 46.3 Å². The van der Waals surface area contributed by atoms with Gasteiger partial charge in [0.1, 0.15) is 5.82 Å². The third-order valence-corrected chi connectivity index (χ3v) is 3.80. The maximum Gasteiger partial charge on any atom is 0.255 e. The summed E-state index contributed by atoms with van der Waals surface area (Å²) in [7, 11) is 1.66. The molecule has 0 saturated carbocycles. The van der Waals surface area contributed by atoms with Gasteiger partial charge in [0.25, 0.3) is 5.91 Å². The molecular formula is C15H14BrFN2O. The molecule has 104 valence electrons. The quantitative estimate of drug-likeness (QED) is 0.872. The van der Waals surface area contributed by atoms with Crippen molar-refractivity contribution in [3.8, 4) is 0 Å². The Hall–Kier alpha value is -1.88. The number of hydrogen-bond donors (Lipinski definition) is 1. The van der Waals surface area contributed by atoms with Gasteiger partial charge in [0.15, 0.2) is 0 Å². The Labute approximate surface area is 125 Å². The monoisotopic (exact) mass is 336 g/mol. The Morgan fingerprint density at radius 2 is 1.95 bits per heavy atom. The first-order valence-corrected chi connectivity index (χ1v) is 6.83. The zero-order valence-electron chi connectivity index (χ0n) is 10.9. The molecule has 0 aliphatic carbocycles. The first kappa shape index (κ1) is 14.5. The van der Waals surface area contributed by atoms with Crippen molar-refractivity contribution in [2.24, 2.45) is 0 Å². The lowest BCUT2D eigenvalue weighted by Gasteiger charge is -2.19. The van der Waals surface area contributed by atoms with Gasteiger partial charge in [-0.3, -0.25) is 4.79 Å². The molecule has 0 atom stereocenters. The minimum atomic E-state index is -0.455. The van der Waals surface area contributed by atoms with Crippen molar-refractivity contribution in [1.29, 1.82) is 0 Å². The summed E-state index contributed by atoms with van der Waals surface area (Å²) in [6.07, 6.45) is 0. The first-order chi connectivity index (χ1) is 9.50. The van der Waals surface area contributed by atoms with E-state index < -0.39 is 5.82 Å². The molecule has 1 amide bonds. The first-order valence-electron chi connectivity index (χ1n) is 6.03. The number of carbonyl (C=O) groups excluding carboxylic acids is 1. The Kier molecular flexibility index (Phi) is 4.39. The highest BCUT2D eigenvalue weighted by molar-refractivity contribution is 9.10. The number of amides is 1. The number of halogens is 2. The fourth-order valence-corrected chi connectivity index (χ4v) is 2.31. The lowest BCUT2D eigenvalue weighted by atomic mass is 10.1. The van der Waals surface area contributed by atoms with E-state index in [1.54, 1.807) is 19.2 Å². The van der Waals surface area contributed by atoms with Crippen LogP contribution in [-0.2, 0) is 6.54 Å². The van der Waals surface area contributed by atoms with E-state index in [2.05, 4.69) is 15.9 Å². The molecule has 0 bridgehead atoms. The Bertz CT molecular complexity index is 646. The summed E-state index contributed by atoms with van der Waals surface area (Å²) in [5, 5.41) is 0. The lowest BCUT2D eigenvalue weighted by Crippen LogP contribution is -2.27. The van der Waals surface area contributed by atoms with Gasteiger partial charge in [-0.2, -0.15) is 0 Å².